The Morgan fingerprint density at radius 1 is 1.12 bits per heavy atom. The number of aryl methyl sites for hydroxylation is 2. The van der Waals surface area contributed by atoms with E-state index in [9.17, 15) is 0 Å². The molecule has 0 unspecified atom stereocenters. The van der Waals surface area contributed by atoms with Gasteiger partial charge >= 0.3 is 0 Å². The van der Waals surface area contributed by atoms with Crippen molar-refractivity contribution in [3.8, 4) is 11.3 Å². The number of hydrogen-bond acceptors (Lipinski definition) is 5. The number of rotatable bonds is 5. The Labute approximate surface area is 174 Å². The SMILES string of the molecule is CN=C(NCc1nc(C)c(C)o1)NCc1nc(-c2ccccc2)cs1.I. The number of guanidine groups is 1. The van der Waals surface area contributed by atoms with E-state index < -0.39 is 0 Å². The second-order valence-corrected chi connectivity index (χ2v) is 6.46. The van der Waals surface area contributed by atoms with Crippen LogP contribution in [0.2, 0.25) is 0 Å². The van der Waals surface area contributed by atoms with Gasteiger partial charge in [0.25, 0.3) is 0 Å². The highest BCUT2D eigenvalue weighted by molar-refractivity contribution is 14.0. The number of hydrogen-bond donors (Lipinski definition) is 2. The third-order valence-corrected chi connectivity index (χ3v) is 4.58. The second-order valence-electron chi connectivity index (χ2n) is 5.52. The zero-order chi connectivity index (χ0) is 17.6. The molecule has 0 aliphatic heterocycles. The largest absolute Gasteiger partial charge is 0.444 e. The Morgan fingerprint density at radius 3 is 2.50 bits per heavy atom. The lowest BCUT2D eigenvalue weighted by Gasteiger charge is -2.09. The molecular formula is C18H22IN5OS. The van der Waals surface area contributed by atoms with Crippen molar-refractivity contribution < 1.29 is 4.42 Å². The van der Waals surface area contributed by atoms with Crippen LogP contribution in [0.15, 0.2) is 45.1 Å². The average Bonchev–Trinajstić information content (AvgIpc) is 3.23. The van der Waals surface area contributed by atoms with Gasteiger partial charge in [-0.2, -0.15) is 0 Å². The summed E-state index contributed by atoms with van der Waals surface area (Å²) < 4.78 is 5.56. The van der Waals surface area contributed by atoms with Gasteiger partial charge < -0.3 is 15.1 Å². The number of nitrogens with one attached hydrogen (secondary N) is 2. The van der Waals surface area contributed by atoms with Crippen molar-refractivity contribution >= 4 is 41.3 Å². The molecule has 0 bridgehead atoms. The van der Waals surface area contributed by atoms with Crippen LogP contribution in [0.5, 0.6) is 0 Å². The first-order valence-corrected chi connectivity index (χ1v) is 8.91. The lowest BCUT2D eigenvalue weighted by Crippen LogP contribution is -2.36. The average molecular weight is 483 g/mol. The molecule has 0 aliphatic rings. The van der Waals surface area contributed by atoms with Crippen LogP contribution in [0.3, 0.4) is 0 Å². The smallest absolute Gasteiger partial charge is 0.214 e. The van der Waals surface area contributed by atoms with E-state index in [2.05, 4.69) is 43.1 Å². The van der Waals surface area contributed by atoms with Gasteiger partial charge in [-0.15, -0.1) is 35.3 Å². The summed E-state index contributed by atoms with van der Waals surface area (Å²) in [6.07, 6.45) is 0. The molecule has 8 heteroatoms. The van der Waals surface area contributed by atoms with Crippen molar-refractivity contribution in [2.24, 2.45) is 4.99 Å². The van der Waals surface area contributed by atoms with Crippen molar-refractivity contribution in [2.75, 3.05) is 7.05 Å². The van der Waals surface area contributed by atoms with Gasteiger partial charge in [-0.1, -0.05) is 30.3 Å². The van der Waals surface area contributed by atoms with Gasteiger partial charge in [0.1, 0.15) is 10.8 Å². The molecular weight excluding hydrogens is 461 g/mol. The first kappa shape index (κ1) is 20.4. The van der Waals surface area contributed by atoms with E-state index >= 15 is 0 Å². The van der Waals surface area contributed by atoms with Gasteiger partial charge in [-0.3, -0.25) is 4.99 Å². The maximum atomic E-state index is 5.56. The monoisotopic (exact) mass is 483 g/mol. The standard InChI is InChI=1S/C18H21N5OS.HI/c1-12-13(2)24-16(22-12)9-20-18(19-3)21-10-17-23-15(11-25-17)14-7-5-4-6-8-14;/h4-8,11H,9-10H2,1-3H3,(H2,19,20,21);1H. The number of aliphatic imine (C=N–C) groups is 1. The van der Waals surface area contributed by atoms with Crippen molar-refractivity contribution in [1.29, 1.82) is 0 Å². The fraction of sp³-hybridized carbons (Fsp3) is 0.278. The van der Waals surface area contributed by atoms with Gasteiger partial charge in [0, 0.05) is 18.0 Å². The van der Waals surface area contributed by atoms with Crippen molar-refractivity contribution in [3.05, 3.63) is 58.1 Å². The minimum absolute atomic E-state index is 0. The summed E-state index contributed by atoms with van der Waals surface area (Å²) in [6, 6.07) is 10.2. The van der Waals surface area contributed by atoms with Crippen LogP contribution in [-0.4, -0.2) is 23.0 Å². The number of benzene rings is 1. The minimum Gasteiger partial charge on any atom is -0.444 e. The van der Waals surface area contributed by atoms with Crippen LogP contribution >= 0.6 is 35.3 Å². The molecule has 6 nitrogen and oxygen atoms in total. The van der Waals surface area contributed by atoms with Crippen LogP contribution in [0.4, 0.5) is 0 Å². The second kappa shape index (κ2) is 9.67. The molecule has 2 aromatic heterocycles. The zero-order valence-electron chi connectivity index (χ0n) is 14.9. The third-order valence-electron chi connectivity index (χ3n) is 3.73. The lowest BCUT2D eigenvalue weighted by molar-refractivity contribution is 0.463. The zero-order valence-corrected chi connectivity index (χ0v) is 18.1. The third kappa shape index (κ3) is 5.28. The predicted octanol–water partition coefficient (Wildman–Crippen LogP) is 3.90. The normalized spacial score (nSPS) is 11.1. The van der Waals surface area contributed by atoms with Gasteiger partial charge in [0.15, 0.2) is 5.96 Å². The van der Waals surface area contributed by atoms with E-state index in [0.717, 1.165) is 27.7 Å². The van der Waals surface area contributed by atoms with Crippen molar-refractivity contribution in [2.45, 2.75) is 26.9 Å². The van der Waals surface area contributed by atoms with E-state index in [1.54, 1.807) is 18.4 Å². The van der Waals surface area contributed by atoms with Crippen LogP contribution in [0, 0.1) is 13.8 Å². The summed E-state index contributed by atoms with van der Waals surface area (Å²) in [4.78, 5) is 13.2. The molecule has 0 spiro atoms. The van der Waals surface area contributed by atoms with Gasteiger partial charge in [-0.25, -0.2) is 9.97 Å². The number of nitrogens with zero attached hydrogens (tertiary/aromatic N) is 3. The molecule has 0 fully saturated rings. The van der Waals surface area contributed by atoms with E-state index in [1.807, 2.05) is 32.0 Å². The van der Waals surface area contributed by atoms with E-state index in [1.165, 1.54) is 0 Å². The molecule has 3 aromatic rings. The van der Waals surface area contributed by atoms with Crippen LogP contribution < -0.4 is 10.6 Å². The summed E-state index contributed by atoms with van der Waals surface area (Å²) in [5, 5.41) is 9.53. The highest BCUT2D eigenvalue weighted by Gasteiger charge is 2.08. The van der Waals surface area contributed by atoms with E-state index in [0.29, 0.717) is 24.9 Å². The number of halogens is 1. The molecule has 1 aromatic carbocycles. The molecule has 0 amide bonds. The molecule has 138 valence electrons. The molecule has 0 saturated carbocycles. The first-order chi connectivity index (χ1) is 12.2. The van der Waals surface area contributed by atoms with Gasteiger partial charge in [-0.05, 0) is 13.8 Å². The number of oxazole rings is 1. The van der Waals surface area contributed by atoms with Gasteiger partial charge in [0.2, 0.25) is 5.89 Å². The molecule has 2 heterocycles. The molecule has 2 N–H and O–H groups in total. The molecule has 0 radical (unpaired) electrons. The highest BCUT2D eigenvalue weighted by atomic mass is 127. The summed E-state index contributed by atoms with van der Waals surface area (Å²) in [5.74, 6) is 2.18. The lowest BCUT2D eigenvalue weighted by atomic mass is 10.2. The summed E-state index contributed by atoms with van der Waals surface area (Å²) in [6.45, 7) is 4.94. The summed E-state index contributed by atoms with van der Waals surface area (Å²) >= 11 is 1.63. The Kier molecular flexibility index (Phi) is 7.58. The highest BCUT2D eigenvalue weighted by Crippen LogP contribution is 2.21. The fourth-order valence-corrected chi connectivity index (χ4v) is 3.03. The van der Waals surface area contributed by atoms with Crippen molar-refractivity contribution in [1.82, 2.24) is 20.6 Å². The molecule has 0 saturated heterocycles. The quantitative estimate of drug-likeness (QED) is 0.327. The van der Waals surface area contributed by atoms with Crippen molar-refractivity contribution in [3.63, 3.8) is 0 Å². The Balaban J connectivity index is 0.00000243. The Morgan fingerprint density at radius 2 is 1.85 bits per heavy atom. The van der Waals surface area contributed by atoms with E-state index in [-0.39, 0.29) is 24.0 Å². The molecule has 0 atom stereocenters. The Bertz CT molecular complexity index is 840. The van der Waals surface area contributed by atoms with E-state index in [4.69, 9.17) is 4.42 Å². The summed E-state index contributed by atoms with van der Waals surface area (Å²) in [7, 11) is 1.73. The topological polar surface area (TPSA) is 75.3 Å². The minimum atomic E-state index is 0. The number of aromatic nitrogens is 2. The van der Waals surface area contributed by atoms with Crippen LogP contribution in [0.1, 0.15) is 22.4 Å². The maximum absolute atomic E-state index is 5.56. The number of thiazole rings is 1. The van der Waals surface area contributed by atoms with Gasteiger partial charge in [0.05, 0.1) is 24.5 Å². The predicted molar refractivity (Wildman–Crippen MR) is 116 cm³/mol. The summed E-state index contributed by atoms with van der Waals surface area (Å²) in [5.41, 5.74) is 3.04. The molecule has 26 heavy (non-hydrogen) atoms. The first-order valence-electron chi connectivity index (χ1n) is 8.03. The molecule has 0 aliphatic carbocycles. The van der Waals surface area contributed by atoms with Crippen LogP contribution in [0.25, 0.3) is 11.3 Å². The fourth-order valence-electron chi connectivity index (χ4n) is 2.29. The maximum Gasteiger partial charge on any atom is 0.214 e. The molecule has 3 rings (SSSR count). The Hall–Kier alpha value is -1.94. The van der Waals surface area contributed by atoms with Crippen LogP contribution in [-0.2, 0) is 13.1 Å².